The third-order valence-corrected chi connectivity index (χ3v) is 5.42. The van der Waals surface area contributed by atoms with Crippen LogP contribution in [0.2, 0.25) is 0 Å². The van der Waals surface area contributed by atoms with Crippen molar-refractivity contribution in [3.63, 3.8) is 0 Å². The van der Waals surface area contributed by atoms with Gasteiger partial charge in [0.25, 0.3) is 0 Å². The number of hydrogen-bond acceptors (Lipinski definition) is 3. The summed E-state index contributed by atoms with van der Waals surface area (Å²) in [7, 11) is 1.62. The number of benzene rings is 1. The minimum atomic E-state index is -0.0732. The Hall–Kier alpha value is -2.24. The average molecular weight is 359 g/mol. The highest BCUT2D eigenvalue weighted by Gasteiger charge is 2.26. The van der Waals surface area contributed by atoms with Crippen LogP contribution in [-0.2, 0) is 4.79 Å². The van der Waals surface area contributed by atoms with Crippen molar-refractivity contribution in [2.45, 2.75) is 38.5 Å². The largest absolute Gasteiger partial charge is 0.497 e. The first-order valence-electron chi connectivity index (χ1n) is 9.63. The van der Waals surface area contributed by atoms with Gasteiger partial charge in [0.1, 0.15) is 5.75 Å². The zero-order valence-corrected chi connectivity index (χ0v) is 15.6. The van der Waals surface area contributed by atoms with E-state index in [-0.39, 0.29) is 6.03 Å². The second-order valence-electron chi connectivity index (χ2n) is 7.23. The van der Waals surface area contributed by atoms with Crippen molar-refractivity contribution in [1.29, 1.82) is 0 Å². The highest BCUT2D eigenvalue weighted by Crippen LogP contribution is 2.23. The zero-order chi connectivity index (χ0) is 18.4. The molecule has 2 aliphatic rings. The maximum atomic E-state index is 12.4. The quantitative estimate of drug-likeness (QED) is 0.897. The molecule has 2 heterocycles. The van der Waals surface area contributed by atoms with Crippen molar-refractivity contribution < 1.29 is 14.3 Å². The number of carbonyl (C=O) groups excluding carboxylic acids is 2. The van der Waals surface area contributed by atoms with Gasteiger partial charge in [0, 0.05) is 38.3 Å². The van der Waals surface area contributed by atoms with E-state index < -0.39 is 0 Å². The van der Waals surface area contributed by atoms with Gasteiger partial charge in [-0.2, -0.15) is 0 Å². The highest BCUT2D eigenvalue weighted by atomic mass is 16.5. The Balaban J connectivity index is 1.42. The van der Waals surface area contributed by atoms with Crippen molar-refractivity contribution in [3.8, 4) is 5.75 Å². The van der Waals surface area contributed by atoms with E-state index >= 15 is 0 Å². The molecule has 0 radical (unpaired) electrons. The van der Waals surface area contributed by atoms with Gasteiger partial charge in [-0.25, -0.2) is 4.79 Å². The van der Waals surface area contributed by atoms with E-state index in [1.165, 1.54) is 6.42 Å². The number of rotatable bonds is 4. The molecule has 3 amide bonds. The van der Waals surface area contributed by atoms with Crippen LogP contribution in [0.1, 0.15) is 38.5 Å². The average Bonchev–Trinajstić information content (AvgIpc) is 2.69. The van der Waals surface area contributed by atoms with Crippen molar-refractivity contribution in [1.82, 2.24) is 9.80 Å². The predicted octanol–water partition coefficient (Wildman–Crippen LogP) is 3.34. The molecule has 1 N–H and O–H groups in total. The maximum absolute atomic E-state index is 12.4. The predicted molar refractivity (Wildman–Crippen MR) is 101 cm³/mol. The van der Waals surface area contributed by atoms with Crippen LogP contribution >= 0.6 is 0 Å². The Kier molecular flexibility index (Phi) is 6.36. The summed E-state index contributed by atoms with van der Waals surface area (Å²) in [5.41, 5.74) is 0.762. The molecular weight excluding hydrogens is 330 g/mol. The molecule has 142 valence electrons. The number of hydrogen-bond donors (Lipinski definition) is 1. The number of nitrogens with zero attached hydrogens (tertiary/aromatic N) is 2. The Bertz CT molecular complexity index is 603. The fourth-order valence-corrected chi connectivity index (χ4v) is 3.74. The summed E-state index contributed by atoms with van der Waals surface area (Å²) in [6, 6.07) is 7.25. The molecule has 0 aliphatic carbocycles. The van der Waals surface area contributed by atoms with Gasteiger partial charge < -0.3 is 19.9 Å². The Morgan fingerprint density at radius 3 is 2.27 bits per heavy atom. The van der Waals surface area contributed by atoms with Crippen molar-refractivity contribution in [2.24, 2.45) is 5.92 Å². The fourth-order valence-electron chi connectivity index (χ4n) is 3.74. The molecular formula is C20H29N3O3. The SMILES string of the molecule is COc1ccc(NC(=O)N2CCC(CC(=O)N3CCCCC3)CC2)cc1. The summed E-state index contributed by atoms with van der Waals surface area (Å²) >= 11 is 0. The monoisotopic (exact) mass is 359 g/mol. The maximum Gasteiger partial charge on any atom is 0.321 e. The number of likely N-dealkylation sites (tertiary alicyclic amines) is 2. The van der Waals surface area contributed by atoms with Crippen LogP contribution < -0.4 is 10.1 Å². The standard InChI is InChI=1S/C20H29N3O3/c1-26-18-7-5-17(6-8-18)21-20(25)23-13-9-16(10-14-23)15-19(24)22-11-3-2-4-12-22/h5-8,16H,2-4,9-15H2,1H3,(H,21,25). The Morgan fingerprint density at radius 1 is 1.00 bits per heavy atom. The molecule has 0 bridgehead atoms. The number of anilines is 1. The summed E-state index contributed by atoms with van der Waals surface area (Å²) in [6.07, 6.45) is 5.94. The minimum Gasteiger partial charge on any atom is -0.497 e. The lowest BCUT2D eigenvalue weighted by molar-refractivity contribution is -0.133. The first-order chi connectivity index (χ1) is 12.7. The molecule has 6 heteroatoms. The van der Waals surface area contributed by atoms with Crippen LogP contribution in [0.25, 0.3) is 0 Å². The van der Waals surface area contributed by atoms with E-state index in [0.29, 0.717) is 31.3 Å². The van der Waals surface area contributed by atoms with E-state index in [2.05, 4.69) is 5.32 Å². The number of piperidine rings is 2. The molecule has 1 aromatic rings. The lowest BCUT2D eigenvalue weighted by atomic mass is 9.93. The van der Waals surface area contributed by atoms with Crippen molar-refractivity contribution in [3.05, 3.63) is 24.3 Å². The first kappa shape index (κ1) is 18.5. The summed E-state index contributed by atoms with van der Waals surface area (Å²) in [5.74, 6) is 1.46. The molecule has 2 aliphatic heterocycles. The minimum absolute atomic E-state index is 0.0732. The molecule has 3 rings (SSSR count). The zero-order valence-electron chi connectivity index (χ0n) is 15.6. The summed E-state index contributed by atoms with van der Waals surface area (Å²) < 4.78 is 5.12. The summed E-state index contributed by atoms with van der Waals surface area (Å²) in [6.45, 7) is 3.25. The Morgan fingerprint density at radius 2 is 1.65 bits per heavy atom. The van der Waals surface area contributed by atoms with Gasteiger partial charge in [0.15, 0.2) is 0 Å². The number of methoxy groups -OCH3 is 1. The van der Waals surface area contributed by atoms with Gasteiger partial charge in [-0.15, -0.1) is 0 Å². The van der Waals surface area contributed by atoms with Gasteiger partial charge in [-0.3, -0.25) is 4.79 Å². The summed E-state index contributed by atoms with van der Waals surface area (Å²) in [5, 5.41) is 2.93. The smallest absolute Gasteiger partial charge is 0.321 e. The van der Waals surface area contributed by atoms with Crippen LogP contribution in [0.15, 0.2) is 24.3 Å². The van der Waals surface area contributed by atoms with Crippen molar-refractivity contribution >= 4 is 17.6 Å². The van der Waals surface area contributed by atoms with E-state index in [9.17, 15) is 9.59 Å². The van der Waals surface area contributed by atoms with Gasteiger partial charge in [0.2, 0.25) is 5.91 Å². The molecule has 6 nitrogen and oxygen atoms in total. The highest BCUT2D eigenvalue weighted by molar-refractivity contribution is 5.89. The van der Waals surface area contributed by atoms with Crippen molar-refractivity contribution in [2.75, 3.05) is 38.6 Å². The fraction of sp³-hybridized carbons (Fsp3) is 0.600. The second kappa shape index (κ2) is 8.92. The number of carbonyl (C=O) groups is 2. The number of urea groups is 1. The molecule has 0 atom stereocenters. The molecule has 0 saturated carbocycles. The van der Waals surface area contributed by atoms with Gasteiger partial charge in [-0.05, 0) is 62.3 Å². The Labute approximate surface area is 155 Å². The molecule has 0 spiro atoms. The molecule has 1 aromatic carbocycles. The van der Waals surface area contributed by atoms with Crippen LogP contribution in [-0.4, -0.2) is 55.0 Å². The summed E-state index contributed by atoms with van der Waals surface area (Å²) in [4.78, 5) is 28.7. The molecule has 0 aromatic heterocycles. The van der Waals surface area contributed by atoms with Crippen LogP contribution in [0.4, 0.5) is 10.5 Å². The number of amides is 3. The van der Waals surface area contributed by atoms with E-state index in [1.54, 1.807) is 7.11 Å². The van der Waals surface area contributed by atoms with E-state index in [4.69, 9.17) is 4.74 Å². The molecule has 2 saturated heterocycles. The van der Waals surface area contributed by atoms with E-state index in [0.717, 1.165) is 50.2 Å². The van der Waals surface area contributed by atoms with E-state index in [1.807, 2.05) is 34.1 Å². The number of ether oxygens (including phenoxy) is 1. The van der Waals surface area contributed by atoms with Crippen LogP contribution in [0, 0.1) is 5.92 Å². The third kappa shape index (κ3) is 4.90. The second-order valence-corrected chi connectivity index (χ2v) is 7.23. The normalized spacial score (nSPS) is 18.5. The molecule has 2 fully saturated rings. The lowest BCUT2D eigenvalue weighted by Gasteiger charge is -2.33. The van der Waals surface area contributed by atoms with Gasteiger partial charge in [0.05, 0.1) is 7.11 Å². The van der Waals surface area contributed by atoms with Gasteiger partial charge >= 0.3 is 6.03 Å². The van der Waals surface area contributed by atoms with Gasteiger partial charge in [-0.1, -0.05) is 0 Å². The first-order valence-corrected chi connectivity index (χ1v) is 9.63. The topological polar surface area (TPSA) is 61.9 Å². The number of nitrogens with one attached hydrogen (secondary N) is 1. The third-order valence-electron chi connectivity index (χ3n) is 5.42. The lowest BCUT2D eigenvalue weighted by Crippen LogP contribution is -2.42. The molecule has 26 heavy (non-hydrogen) atoms. The molecule has 0 unspecified atom stereocenters. The van der Waals surface area contributed by atoms with Crippen LogP contribution in [0.3, 0.4) is 0 Å². The van der Waals surface area contributed by atoms with Crippen LogP contribution in [0.5, 0.6) is 5.75 Å².